The molecular weight excluding hydrogens is 465 g/mol. The minimum Gasteiger partial charge on any atom is -0.472 e. The molecule has 1 aliphatic rings. The van der Waals surface area contributed by atoms with Crippen LogP contribution in [0.2, 0.25) is 0 Å². The molecule has 2 aromatic heterocycles. The van der Waals surface area contributed by atoms with E-state index < -0.39 is 23.9 Å². The Balaban J connectivity index is 1.68. The van der Waals surface area contributed by atoms with Gasteiger partial charge in [-0.15, -0.1) is 0 Å². The highest BCUT2D eigenvalue weighted by Gasteiger charge is 2.35. The SMILES string of the molecule is C[C@H]1CN([C@@H](C)CO)C(=O)c2cc(-c3cncnc3)cnc2O[C@H]1CN(C)C(=O)c1ccccc1F. The normalized spacial score (nSPS) is 18.5. The van der Waals surface area contributed by atoms with Gasteiger partial charge in [0.2, 0.25) is 5.88 Å². The monoisotopic (exact) mass is 493 g/mol. The number of fused-ring (bicyclic) bond motifs is 1. The van der Waals surface area contributed by atoms with Crippen molar-refractivity contribution in [3.8, 4) is 17.0 Å². The number of amides is 2. The third-order valence-corrected chi connectivity index (χ3v) is 6.32. The van der Waals surface area contributed by atoms with Gasteiger partial charge in [-0.1, -0.05) is 19.1 Å². The quantitative estimate of drug-likeness (QED) is 0.562. The van der Waals surface area contributed by atoms with Gasteiger partial charge in [-0.3, -0.25) is 9.59 Å². The van der Waals surface area contributed by atoms with Gasteiger partial charge >= 0.3 is 0 Å². The predicted octanol–water partition coefficient (Wildman–Crippen LogP) is 2.67. The van der Waals surface area contributed by atoms with Gasteiger partial charge in [0.1, 0.15) is 23.8 Å². The molecule has 0 aliphatic carbocycles. The molecule has 1 N–H and O–H groups in total. The molecule has 0 bridgehead atoms. The van der Waals surface area contributed by atoms with Crippen LogP contribution in [0.1, 0.15) is 34.6 Å². The maximum atomic E-state index is 14.2. The molecule has 0 spiro atoms. The van der Waals surface area contributed by atoms with Crippen molar-refractivity contribution >= 4 is 11.8 Å². The molecule has 3 atom stereocenters. The smallest absolute Gasteiger partial charge is 0.259 e. The zero-order valence-corrected chi connectivity index (χ0v) is 20.3. The first-order valence-corrected chi connectivity index (χ1v) is 11.6. The first-order valence-electron chi connectivity index (χ1n) is 11.6. The van der Waals surface area contributed by atoms with Gasteiger partial charge in [-0.25, -0.2) is 19.3 Å². The summed E-state index contributed by atoms with van der Waals surface area (Å²) in [5.41, 5.74) is 1.53. The van der Waals surface area contributed by atoms with Gasteiger partial charge in [0.25, 0.3) is 11.8 Å². The second kappa shape index (κ2) is 10.8. The number of aliphatic hydroxyl groups excluding tert-OH is 1. The highest BCUT2D eigenvalue weighted by atomic mass is 19.1. The standard InChI is InChI=1S/C26H28FN5O4/c1-16-12-32(17(2)14-33)26(35)21-8-18(19-9-28-15-29-10-19)11-30-24(21)36-23(16)13-31(3)25(34)20-6-4-5-7-22(20)27/h4-11,15-17,23,33H,12-14H2,1-3H3/t16-,17-,23-/m0/s1. The number of aliphatic hydroxyl groups is 1. The molecule has 0 fully saturated rings. The Morgan fingerprint density at radius 1 is 1.25 bits per heavy atom. The number of hydrogen-bond donors (Lipinski definition) is 1. The number of carbonyl (C=O) groups excluding carboxylic acids is 2. The number of nitrogens with zero attached hydrogens (tertiary/aromatic N) is 5. The summed E-state index contributed by atoms with van der Waals surface area (Å²) in [6.07, 6.45) is 5.67. The second-order valence-electron chi connectivity index (χ2n) is 8.99. The van der Waals surface area contributed by atoms with E-state index in [0.29, 0.717) is 11.1 Å². The van der Waals surface area contributed by atoms with Gasteiger partial charge < -0.3 is 19.6 Å². The topological polar surface area (TPSA) is 109 Å². The minimum atomic E-state index is -0.598. The third-order valence-electron chi connectivity index (χ3n) is 6.32. The zero-order chi connectivity index (χ0) is 25.8. The number of pyridine rings is 1. The second-order valence-corrected chi connectivity index (χ2v) is 8.99. The number of aromatic nitrogens is 3. The Morgan fingerprint density at radius 2 is 1.97 bits per heavy atom. The summed E-state index contributed by atoms with van der Waals surface area (Å²) < 4.78 is 20.4. The largest absolute Gasteiger partial charge is 0.472 e. The molecule has 10 heteroatoms. The van der Waals surface area contributed by atoms with Crippen molar-refractivity contribution < 1.29 is 23.8 Å². The highest BCUT2D eigenvalue weighted by molar-refractivity contribution is 5.98. The lowest BCUT2D eigenvalue weighted by molar-refractivity contribution is 0.0312. The molecule has 3 heterocycles. The summed E-state index contributed by atoms with van der Waals surface area (Å²) in [4.78, 5) is 41.9. The molecule has 0 radical (unpaired) electrons. The fourth-order valence-electron chi connectivity index (χ4n) is 4.12. The van der Waals surface area contributed by atoms with E-state index in [-0.39, 0.29) is 48.5 Å². The van der Waals surface area contributed by atoms with E-state index in [1.165, 1.54) is 29.4 Å². The van der Waals surface area contributed by atoms with Crippen molar-refractivity contribution in [3.63, 3.8) is 0 Å². The Hall–Kier alpha value is -3.92. The van der Waals surface area contributed by atoms with E-state index in [1.54, 1.807) is 49.6 Å². The fraction of sp³-hybridized carbons (Fsp3) is 0.346. The number of ether oxygens (including phenoxy) is 1. The highest BCUT2D eigenvalue weighted by Crippen LogP contribution is 2.30. The molecule has 0 saturated heterocycles. The van der Waals surface area contributed by atoms with Gasteiger partial charge in [-0.05, 0) is 25.1 Å². The van der Waals surface area contributed by atoms with Gasteiger partial charge in [0.15, 0.2) is 0 Å². The van der Waals surface area contributed by atoms with Crippen LogP contribution >= 0.6 is 0 Å². The van der Waals surface area contributed by atoms with Crippen molar-refractivity contribution in [2.75, 3.05) is 26.7 Å². The molecule has 4 rings (SSSR count). The van der Waals surface area contributed by atoms with Gasteiger partial charge in [0.05, 0.1) is 24.8 Å². The fourth-order valence-corrected chi connectivity index (χ4v) is 4.12. The van der Waals surface area contributed by atoms with E-state index in [9.17, 15) is 19.1 Å². The Bertz CT molecular complexity index is 1240. The summed E-state index contributed by atoms with van der Waals surface area (Å²) in [5.74, 6) is -1.50. The number of rotatable bonds is 6. The Kier molecular flexibility index (Phi) is 7.54. The Labute approximate surface area is 208 Å². The van der Waals surface area contributed by atoms with Crippen LogP contribution in [0.5, 0.6) is 5.88 Å². The van der Waals surface area contributed by atoms with Crippen molar-refractivity contribution in [2.24, 2.45) is 5.92 Å². The maximum absolute atomic E-state index is 14.2. The molecule has 1 aromatic carbocycles. The van der Waals surface area contributed by atoms with Crippen molar-refractivity contribution in [2.45, 2.75) is 26.0 Å². The van der Waals surface area contributed by atoms with Crippen LogP contribution in [-0.2, 0) is 0 Å². The van der Waals surface area contributed by atoms with E-state index >= 15 is 0 Å². The Morgan fingerprint density at radius 3 is 2.67 bits per heavy atom. The molecule has 3 aromatic rings. The van der Waals surface area contributed by atoms with Crippen LogP contribution in [0.3, 0.4) is 0 Å². The molecule has 0 unspecified atom stereocenters. The molecule has 36 heavy (non-hydrogen) atoms. The summed E-state index contributed by atoms with van der Waals surface area (Å²) in [6.45, 7) is 3.87. The van der Waals surface area contributed by atoms with Gasteiger partial charge in [0, 0.05) is 49.2 Å². The predicted molar refractivity (Wildman–Crippen MR) is 130 cm³/mol. The van der Waals surface area contributed by atoms with E-state index in [4.69, 9.17) is 4.74 Å². The number of hydrogen-bond acceptors (Lipinski definition) is 7. The van der Waals surface area contributed by atoms with E-state index in [2.05, 4.69) is 15.0 Å². The van der Waals surface area contributed by atoms with Crippen molar-refractivity contribution in [1.29, 1.82) is 0 Å². The van der Waals surface area contributed by atoms with E-state index in [1.807, 2.05) is 6.92 Å². The molecule has 1 aliphatic heterocycles. The van der Waals surface area contributed by atoms with Gasteiger partial charge in [-0.2, -0.15) is 0 Å². The summed E-state index contributed by atoms with van der Waals surface area (Å²) in [7, 11) is 1.58. The molecule has 9 nitrogen and oxygen atoms in total. The average Bonchev–Trinajstić information content (AvgIpc) is 2.90. The van der Waals surface area contributed by atoms with Crippen LogP contribution in [0.15, 0.2) is 55.2 Å². The first-order chi connectivity index (χ1) is 17.3. The summed E-state index contributed by atoms with van der Waals surface area (Å²) in [5, 5.41) is 9.82. The molecule has 2 amide bonds. The van der Waals surface area contributed by atoms with Crippen LogP contribution in [0.25, 0.3) is 11.1 Å². The van der Waals surface area contributed by atoms with Crippen LogP contribution in [0.4, 0.5) is 4.39 Å². The number of benzene rings is 1. The van der Waals surface area contributed by atoms with Crippen molar-refractivity contribution in [1.82, 2.24) is 24.8 Å². The molecule has 0 saturated carbocycles. The van der Waals surface area contributed by atoms with Crippen LogP contribution in [-0.4, -0.2) is 80.6 Å². The summed E-state index contributed by atoms with van der Waals surface area (Å²) in [6, 6.07) is 7.03. The first kappa shape index (κ1) is 25.2. The lowest BCUT2D eigenvalue weighted by Gasteiger charge is -2.37. The summed E-state index contributed by atoms with van der Waals surface area (Å²) >= 11 is 0. The molecule has 188 valence electrons. The van der Waals surface area contributed by atoms with Crippen LogP contribution < -0.4 is 4.74 Å². The third kappa shape index (κ3) is 5.18. The number of likely N-dealkylation sites (N-methyl/N-ethyl adjacent to an activating group) is 1. The van der Waals surface area contributed by atoms with Crippen LogP contribution in [0, 0.1) is 11.7 Å². The van der Waals surface area contributed by atoms with Crippen molar-refractivity contribution in [3.05, 3.63) is 72.2 Å². The molecular formula is C26H28FN5O4. The average molecular weight is 494 g/mol. The lowest BCUT2D eigenvalue weighted by atomic mass is 9.99. The zero-order valence-electron chi connectivity index (χ0n) is 20.3. The minimum absolute atomic E-state index is 0.0301. The number of carbonyl (C=O) groups is 2. The lowest BCUT2D eigenvalue weighted by Crippen LogP contribution is -2.50. The van der Waals surface area contributed by atoms with E-state index in [0.717, 1.165) is 0 Å². The maximum Gasteiger partial charge on any atom is 0.259 e. The number of halogens is 1.